The Morgan fingerprint density at radius 3 is 2.25 bits per heavy atom. The first-order valence-electron chi connectivity index (χ1n) is 5.56. The molecule has 0 aliphatic heterocycles. The van der Waals surface area contributed by atoms with Crippen LogP contribution in [0.4, 0.5) is 5.69 Å². The van der Waals surface area contributed by atoms with Crippen LogP contribution in [0.5, 0.6) is 0 Å². The van der Waals surface area contributed by atoms with Crippen LogP contribution >= 0.6 is 0 Å². The van der Waals surface area contributed by atoms with Crippen LogP contribution in [0, 0.1) is 13.8 Å². The van der Waals surface area contributed by atoms with Crippen LogP contribution in [0.2, 0.25) is 0 Å². The minimum absolute atomic E-state index is 0.771. The number of hydrogen-bond donors (Lipinski definition) is 1. The molecule has 0 fully saturated rings. The minimum Gasteiger partial charge on any atom is -0.397 e. The zero-order valence-electron chi connectivity index (χ0n) is 10.4. The quantitative estimate of drug-likeness (QED) is 0.746. The fraction of sp³-hybridized carbons (Fsp3) is 0.308. The van der Waals surface area contributed by atoms with Gasteiger partial charge in [-0.15, -0.1) is 0 Å². The molecule has 0 amide bonds. The number of hydrogen-bond acceptors (Lipinski definition) is 2. The average molecular weight is 217 g/mol. The molecule has 2 aromatic rings. The molecule has 1 heterocycles. The second-order valence-corrected chi connectivity index (χ2v) is 3.36. The topological polar surface area (TPSA) is 43.8 Å². The molecular weight excluding hydrogens is 198 g/mol. The fourth-order valence-electron chi connectivity index (χ4n) is 1.57. The second kappa shape index (κ2) is 5.35. The molecule has 0 aliphatic carbocycles. The van der Waals surface area contributed by atoms with Crippen molar-refractivity contribution in [2.45, 2.75) is 27.7 Å². The van der Waals surface area contributed by atoms with E-state index in [2.05, 4.69) is 4.98 Å². The van der Waals surface area contributed by atoms with Gasteiger partial charge in [0.1, 0.15) is 5.82 Å². The van der Waals surface area contributed by atoms with Crippen molar-refractivity contribution in [1.82, 2.24) is 9.55 Å². The molecule has 0 aliphatic rings. The molecule has 3 nitrogen and oxygen atoms in total. The Morgan fingerprint density at radius 1 is 1.12 bits per heavy atom. The summed E-state index contributed by atoms with van der Waals surface area (Å²) in [7, 11) is 0. The number of nitrogens with two attached hydrogens (primary N) is 1. The highest BCUT2D eigenvalue weighted by Crippen LogP contribution is 2.18. The van der Waals surface area contributed by atoms with E-state index >= 15 is 0 Å². The smallest absolute Gasteiger partial charge is 0.110 e. The van der Waals surface area contributed by atoms with E-state index in [9.17, 15) is 0 Å². The third kappa shape index (κ3) is 2.42. The van der Waals surface area contributed by atoms with Gasteiger partial charge >= 0.3 is 0 Å². The van der Waals surface area contributed by atoms with Crippen molar-refractivity contribution in [1.29, 1.82) is 0 Å². The van der Waals surface area contributed by atoms with E-state index in [0.29, 0.717) is 0 Å². The molecule has 16 heavy (non-hydrogen) atoms. The third-order valence-electron chi connectivity index (χ3n) is 2.20. The van der Waals surface area contributed by atoms with Gasteiger partial charge in [-0.1, -0.05) is 26.0 Å². The lowest BCUT2D eigenvalue weighted by Crippen LogP contribution is -1.99. The van der Waals surface area contributed by atoms with Gasteiger partial charge in [-0.05, 0) is 26.0 Å². The molecule has 86 valence electrons. The van der Waals surface area contributed by atoms with E-state index < -0.39 is 0 Å². The maximum Gasteiger partial charge on any atom is 0.110 e. The minimum atomic E-state index is 0.771. The number of aryl methyl sites for hydroxylation is 2. The van der Waals surface area contributed by atoms with Crippen LogP contribution in [-0.4, -0.2) is 9.55 Å². The van der Waals surface area contributed by atoms with Gasteiger partial charge < -0.3 is 10.3 Å². The summed E-state index contributed by atoms with van der Waals surface area (Å²) >= 11 is 0. The maximum atomic E-state index is 5.88. The summed E-state index contributed by atoms with van der Waals surface area (Å²) in [6.07, 6.45) is 1.99. The van der Waals surface area contributed by atoms with Crippen molar-refractivity contribution >= 4 is 5.69 Å². The largest absolute Gasteiger partial charge is 0.397 e. The standard InChI is InChI=1S/C11H13N3.C2H6/c1-8-7-14(9(2)13-8)11-6-4-3-5-10(11)12;1-2/h3-7H,12H2,1-2H3;1-2H3. The number of imidazole rings is 1. The van der Waals surface area contributed by atoms with Gasteiger partial charge in [0, 0.05) is 6.20 Å². The molecule has 1 aromatic carbocycles. The van der Waals surface area contributed by atoms with E-state index in [1.54, 1.807) is 0 Å². The molecule has 3 heteroatoms. The van der Waals surface area contributed by atoms with Crippen LogP contribution < -0.4 is 5.73 Å². The van der Waals surface area contributed by atoms with Crippen molar-refractivity contribution in [2.75, 3.05) is 5.73 Å². The number of rotatable bonds is 1. The molecule has 0 saturated carbocycles. The van der Waals surface area contributed by atoms with Gasteiger partial charge in [0.25, 0.3) is 0 Å². The molecule has 0 bridgehead atoms. The summed E-state index contributed by atoms with van der Waals surface area (Å²) in [5, 5.41) is 0. The predicted octanol–water partition coefficient (Wildman–Crippen LogP) is 3.10. The van der Waals surface area contributed by atoms with E-state index in [1.165, 1.54) is 0 Å². The highest BCUT2D eigenvalue weighted by molar-refractivity contribution is 5.57. The van der Waals surface area contributed by atoms with Crippen molar-refractivity contribution in [3.8, 4) is 5.69 Å². The first-order chi connectivity index (χ1) is 7.68. The Hall–Kier alpha value is -1.77. The highest BCUT2D eigenvalue weighted by Gasteiger charge is 2.04. The van der Waals surface area contributed by atoms with Gasteiger partial charge in [-0.25, -0.2) is 4.98 Å². The summed E-state index contributed by atoms with van der Waals surface area (Å²) in [6.45, 7) is 7.95. The van der Waals surface area contributed by atoms with Gasteiger partial charge in [0.05, 0.1) is 17.1 Å². The normalized spacial score (nSPS) is 9.50. The lowest BCUT2D eigenvalue weighted by molar-refractivity contribution is 0.977. The van der Waals surface area contributed by atoms with Crippen LogP contribution in [0.15, 0.2) is 30.5 Å². The van der Waals surface area contributed by atoms with E-state index in [0.717, 1.165) is 22.9 Å². The molecule has 0 atom stereocenters. The zero-order chi connectivity index (χ0) is 12.1. The number of aromatic nitrogens is 2. The number of benzene rings is 1. The summed E-state index contributed by atoms with van der Waals surface area (Å²) in [4.78, 5) is 4.34. The van der Waals surface area contributed by atoms with Crippen LogP contribution in [0.3, 0.4) is 0 Å². The van der Waals surface area contributed by atoms with Gasteiger partial charge in [-0.2, -0.15) is 0 Å². The fourth-order valence-corrected chi connectivity index (χ4v) is 1.57. The Kier molecular flexibility index (Phi) is 4.11. The van der Waals surface area contributed by atoms with Crippen LogP contribution in [0.25, 0.3) is 5.69 Å². The van der Waals surface area contributed by atoms with Crippen molar-refractivity contribution in [2.24, 2.45) is 0 Å². The average Bonchev–Trinajstić information content (AvgIpc) is 2.61. The maximum absolute atomic E-state index is 5.88. The highest BCUT2D eigenvalue weighted by atomic mass is 15.1. The molecule has 0 unspecified atom stereocenters. The number of nitrogens with zero attached hydrogens (tertiary/aromatic N) is 2. The Morgan fingerprint density at radius 2 is 1.75 bits per heavy atom. The number of para-hydroxylation sites is 2. The first-order valence-corrected chi connectivity index (χ1v) is 5.56. The van der Waals surface area contributed by atoms with Crippen molar-refractivity contribution < 1.29 is 0 Å². The second-order valence-electron chi connectivity index (χ2n) is 3.36. The molecule has 2 N–H and O–H groups in total. The molecule has 0 radical (unpaired) electrons. The lowest BCUT2D eigenvalue weighted by Gasteiger charge is -2.07. The van der Waals surface area contributed by atoms with Crippen molar-refractivity contribution in [3.05, 3.63) is 42.0 Å². The third-order valence-corrected chi connectivity index (χ3v) is 2.20. The number of nitrogen functional groups attached to an aromatic ring is 1. The van der Waals surface area contributed by atoms with Gasteiger partial charge in [0.2, 0.25) is 0 Å². The number of anilines is 1. The van der Waals surface area contributed by atoms with Crippen molar-refractivity contribution in [3.63, 3.8) is 0 Å². The Labute approximate surface area is 96.9 Å². The van der Waals surface area contributed by atoms with Gasteiger partial charge in [0.15, 0.2) is 0 Å². The lowest BCUT2D eigenvalue weighted by atomic mass is 10.2. The monoisotopic (exact) mass is 217 g/mol. The summed E-state index contributed by atoms with van der Waals surface area (Å²) < 4.78 is 2.00. The molecule has 1 aromatic heterocycles. The van der Waals surface area contributed by atoms with Crippen LogP contribution in [-0.2, 0) is 0 Å². The molecular formula is C13H19N3. The molecule has 0 saturated heterocycles. The van der Waals surface area contributed by atoms with E-state index in [1.807, 2.05) is 62.7 Å². The van der Waals surface area contributed by atoms with Crippen LogP contribution in [0.1, 0.15) is 25.4 Å². The van der Waals surface area contributed by atoms with Gasteiger partial charge in [-0.3, -0.25) is 0 Å². The zero-order valence-corrected chi connectivity index (χ0v) is 10.4. The summed E-state index contributed by atoms with van der Waals surface area (Å²) in [5.74, 6) is 0.959. The first kappa shape index (κ1) is 12.3. The Balaban J connectivity index is 0.000000606. The van der Waals surface area contributed by atoms with E-state index in [4.69, 9.17) is 5.73 Å². The Bertz CT molecular complexity index is 458. The molecule has 0 spiro atoms. The molecule has 2 rings (SSSR count). The predicted molar refractivity (Wildman–Crippen MR) is 68.8 cm³/mol. The van der Waals surface area contributed by atoms with E-state index in [-0.39, 0.29) is 0 Å². The SMILES string of the molecule is CC.Cc1cn(-c2ccccc2N)c(C)n1. The summed E-state index contributed by atoms with van der Waals surface area (Å²) in [6, 6.07) is 7.78. The summed E-state index contributed by atoms with van der Waals surface area (Å²) in [5.41, 5.74) is 8.65.